The van der Waals surface area contributed by atoms with E-state index < -0.39 is 22.0 Å². The maximum absolute atomic E-state index is 12.6. The number of hydrogen-bond acceptors (Lipinski definition) is 7. The van der Waals surface area contributed by atoms with E-state index in [1.54, 1.807) is 6.92 Å². The number of carbonyl (C=O) groups is 1. The summed E-state index contributed by atoms with van der Waals surface area (Å²) >= 11 is 0. The summed E-state index contributed by atoms with van der Waals surface area (Å²) in [6, 6.07) is 7.10. The lowest BCUT2D eigenvalue weighted by Crippen LogP contribution is -2.44. The largest absolute Gasteiger partial charge is 0.373 e. The summed E-state index contributed by atoms with van der Waals surface area (Å²) < 4.78 is 38.2. The predicted octanol–water partition coefficient (Wildman–Crippen LogP) is 1.88. The van der Waals surface area contributed by atoms with Gasteiger partial charge in [0.05, 0.1) is 18.2 Å². The molecule has 3 atom stereocenters. The van der Waals surface area contributed by atoms with Gasteiger partial charge >= 0.3 is 0 Å². The average Bonchev–Trinajstić information content (AvgIpc) is 3.05. The first-order valence-corrected chi connectivity index (χ1v) is 12.2. The molecule has 1 amide bonds. The Morgan fingerprint density at radius 2 is 1.75 bits per heavy atom. The maximum Gasteiger partial charge on any atom is 0.246 e. The number of morpholine rings is 1. The number of nitrogens with zero attached hydrogens (tertiary/aromatic N) is 2. The summed E-state index contributed by atoms with van der Waals surface area (Å²) in [5.74, 6) is -0.232. The average molecular weight is 465 g/mol. The summed E-state index contributed by atoms with van der Waals surface area (Å²) in [5, 5.41) is 6.43. The second-order valence-electron chi connectivity index (χ2n) is 8.48. The van der Waals surface area contributed by atoms with Gasteiger partial charge in [-0.25, -0.2) is 8.42 Å². The fourth-order valence-electron chi connectivity index (χ4n) is 3.98. The van der Waals surface area contributed by atoms with Crippen LogP contribution in [0.15, 0.2) is 33.7 Å². The van der Waals surface area contributed by atoms with Crippen LogP contribution in [0.4, 0.5) is 0 Å². The van der Waals surface area contributed by atoms with Crippen LogP contribution in [0.5, 0.6) is 0 Å². The summed E-state index contributed by atoms with van der Waals surface area (Å²) in [6.45, 7) is 11.7. The zero-order chi connectivity index (χ0) is 23.5. The van der Waals surface area contributed by atoms with Crippen LogP contribution in [0.3, 0.4) is 0 Å². The topological polar surface area (TPSA) is 114 Å². The number of rotatable bonds is 8. The third kappa shape index (κ3) is 6.16. The highest BCUT2D eigenvalue weighted by atomic mass is 32.2. The Morgan fingerprint density at radius 1 is 1.16 bits per heavy atom. The van der Waals surface area contributed by atoms with Crippen molar-refractivity contribution in [2.24, 2.45) is 0 Å². The van der Waals surface area contributed by atoms with E-state index in [9.17, 15) is 13.2 Å². The Balaban J connectivity index is 1.51. The number of sulfonamides is 1. The molecule has 10 heteroatoms. The van der Waals surface area contributed by atoms with Crippen LogP contribution in [-0.4, -0.2) is 55.7 Å². The second-order valence-corrected chi connectivity index (χ2v) is 10.1. The van der Waals surface area contributed by atoms with Gasteiger partial charge in [-0.05, 0) is 45.7 Å². The van der Waals surface area contributed by atoms with Crippen molar-refractivity contribution < 1.29 is 22.5 Å². The normalized spacial score (nSPS) is 20.8. The van der Waals surface area contributed by atoms with Crippen molar-refractivity contribution >= 4 is 15.9 Å². The molecule has 2 heterocycles. The molecule has 2 N–H and O–H groups in total. The Hall–Kier alpha value is -2.27. The number of carbonyl (C=O) groups excluding carboxylic acids is 1. The van der Waals surface area contributed by atoms with E-state index in [-0.39, 0.29) is 28.6 Å². The van der Waals surface area contributed by atoms with Crippen LogP contribution in [0.1, 0.15) is 43.4 Å². The number of aryl methyl sites for hydroxylation is 2. The molecule has 1 aliphatic heterocycles. The van der Waals surface area contributed by atoms with Gasteiger partial charge in [0.15, 0.2) is 5.76 Å². The molecule has 9 nitrogen and oxygen atoms in total. The van der Waals surface area contributed by atoms with Crippen LogP contribution < -0.4 is 10.0 Å². The SMILES string of the molecule is Cc1noc(C)c1S(=O)(=O)N[C@@H](C)C(=O)NCc1ccc(CN2CC(C)OC(C)C2)cc1. The molecule has 0 radical (unpaired) electrons. The van der Waals surface area contributed by atoms with E-state index in [2.05, 4.69) is 46.1 Å². The van der Waals surface area contributed by atoms with E-state index in [1.165, 1.54) is 19.4 Å². The molecular weight excluding hydrogens is 432 g/mol. The predicted molar refractivity (Wildman–Crippen MR) is 119 cm³/mol. The van der Waals surface area contributed by atoms with Crippen molar-refractivity contribution in [2.45, 2.75) is 70.9 Å². The molecule has 176 valence electrons. The molecule has 0 bridgehead atoms. The highest BCUT2D eigenvalue weighted by Gasteiger charge is 2.28. The summed E-state index contributed by atoms with van der Waals surface area (Å²) in [7, 11) is -3.91. The van der Waals surface area contributed by atoms with Crippen LogP contribution in [0.2, 0.25) is 0 Å². The summed E-state index contributed by atoms with van der Waals surface area (Å²) in [5.41, 5.74) is 2.39. The molecule has 3 rings (SSSR count). The lowest BCUT2D eigenvalue weighted by molar-refractivity contribution is -0.122. The van der Waals surface area contributed by atoms with E-state index in [0.29, 0.717) is 6.54 Å². The number of nitrogens with one attached hydrogen (secondary N) is 2. The Kier molecular flexibility index (Phi) is 7.71. The van der Waals surface area contributed by atoms with Crippen LogP contribution in [-0.2, 0) is 32.6 Å². The highest BCUT2D eigenvalue weighted by Crippen LogP contribution is 2.19. The number of benzene rings is 1. The number of amides is 1. The Labute approximate surface area is 189 Å². The molecule has 0 saturated carbocycles. The molecule has 2 unspecified atom stereocenters. The highest BCUT2D eigenvalue weighted by molar-refractivity contribution is 7.89. The standard InChI is InChI=1S/C22H32N4O5S/c1-14-11-26(12-15(2)30-14)13-20-8-6-19(7-9-20)10-23-22(27)17(4)25-32(28,29)21-16(3)24-31-18(21)5/h6-9,14-15,17,25H,10-13H2,1-5H3,(H,23,27)/t14?,15?,17-/m0/s1. The lowest BCUT2D eigenvalue weighted by Gasteiger charge is -2.35. The molecular formula is C22H32N4O5S. The van der Waals surface area contributed by atoms with E-state index in [1.807, 2.05) is 12.1 Å². The van der Waals surface area contributed by atoms with Crippen LogP contribution in [0, 0.1) is 13.8 Å². The molecule has 1 saturated heterocycles. The third-order valence-corrected chi connectivity index (χ3v) is 7.14. The minimum absolute atomic E-state index is 0.0307. The molecule has 2 aromatic rings. The molecule has 0 aliphatic carbocycles. The Bertz CT molecular complexity index is 1010. The first-order valence-electron chi connectivity index (χ1n) is 10.7. The van der Waals surface area contributed by atoms with E-state index in [4.69, 9.17) is 9.26 Å². The zero-order valence-corrected chi connectivity index (χ0v) is 20.0. The monoisotopic (exact) mass is 464 g/mol. The first kappa shape index (κ1) is 24.4. The van der Waals surface area contributed by atoms with E-state index in [0.717, 1.165) is 25.2 Å². The number of hydrogen-bond donors (Lipinski definition) is 2. The van der Waals surface area contributed by atoms with Crippen molar-refractivity contribution in [1.29, 1.82) is 0 Å². The van der Waals surface area contributed by atoms with Gasteiger partial charge in [0, 0.05) is 26.2 Å². The molecule has 1 aromatic carbocycles. The lowest BCUT2D eigenvalue weighted by atomic mass is 10.1. The zero-order valence-electron chi connectivity index (χ0n) is 19.2. The molecule has 1 aromatic heterocycles. The fourth-order valence-corrected chi connectivity index (χ4v) is 5.51. The van der Waals surface area contributed by atoms with Gasteiger partial charge < -0.3 is 14.6 Å². The first-order chi connectivity index (χ1) is 15.0. The van der Waals surface area contributed by atoms with Gasteiger partial charge in [-0.15, -0.1) is 0 Å². The maximum atomic E-state index is 12.6. The number of ether oxygens (including phenoxy) is 1. The minimum atomic E-state index is -3.91. The van der Waals surface area contributed by atoms with Crippen LogP contribution in [0.25, 0.3) is 0 Å². The molecule has 1 aliphatic rings. The fraction of sp³-hybridized carbons (Fsp3) is 0.545. The van der Waals surface area contributed by atoms with Crippen molar-refractivity contribution in [3.8, 4) is 0 Å². The van der Waals surface area contributed by atoms with Crippen LogP contribution >= 0.6 is 0 Å². The molecule has 1 fully saturated rings. The number of aromatic nitrogens is 1. The van der Waals surface area contributed by atoms with Crippen molar-refractivity contribution in [3.63, 3.8) is 0 Å². The van der Waals surface area contributed by atoms with Crippen molar-refractivity contribution in [2.75, 3.05) is 13.1 Å². The smallest absolute Gasteiger partial charge is 0.246 e. The van der Waals surface area contributed by atoms with Gasteiger partial charge in [0.2, 0.25) is 15.9 Å². The third-order valence-electron chi connectivity index (χ3n) is 5.35. The summed E-state index contributed by atoms with van der Waals surface area (Å²) in [6.07, 6.45) is 0.454. The van der Waals surface area contributed by atoms with Gasteiger partial charge in [0.1, 0.15) is 10.6 Å². The van der Waals surface area contributed by atoms with Gasteiger partial charge in [-0.1, -0.05) is 29.4 Å². The Morgan fingerprint density at radius 3 is 2.31 bits per heavy atom. The second kappa shape index (κ2) is 10.1. The van der Waals surface area contributed by atoms with Gasteiger partial charge in [-0.2, -0.15) is 4.72 Å². The molecule has 32 heavy (non-hydrogen) atoms. The van der Waals surface area contributed by atoms with Gasteiger partial charge in [0.25, 0.3) is 0 Å². The van der Waals surface area contributed by atoms with Crippen molar-refractivity contribution in [3.05, 3.63) is 46.8 Å². The van der Waals surface area contributed by atoms with Gasteiger partial charge in [-0.3, -0.25) is 9.69 Å². The summed E-state index contributed by atoms with van der Waals surface area (Å²) in [4.78, 5) is 14.8. The quantitative estimate of drug-likeness (QED) is 0.613. The van der Waals surface area contributed by atoms with E-state index >= 15 is 0 Å². The molecule has 0 spiro atoms. The minimum Gasteiger partial charge on any atom is -0.373 e. The van der Waals surface area contributed by atoms with Crippen molar-refractivity contribution in [1.82, 2.24) is 20.1 Å².